The van der Waals surface area contributed by atoms with Crippen molar-refractivity contribution in [3.63, 3.8) is 0 Å². The number of allylic oxidation sites excluding steroid dienone is 3. The molecule has 1 saturated heterocycles. The van der Waals surface area contributed by atoms with Crippen molar-refractivity contribution in [2.45, 2.75) is 18.3 Å². The van der Waals surface area contributed by atoms with Gasteiger partial charge in [0.1, 0.15) is 5.82 Å². The molecule has 0 aliphatic carbocycles. The van der Waals surface area contributed by atoms with Crippen molar-refractivity contribution < 1.29 is 5.11 Å². The Labute approximate surface area is 147 Å². The third-order valence-corrected chi connectivity index (χ3v) is 6.57. The number of hydrogen-bond donors (Lipinski definition) is 2. The third-order valence-electron chi connectivity index (χ3n) is 5.31. The summed E-state index contributed by atoms with van der Waals surface area (Å²) in [5.41, 5.74) is 1.09. The Morgan fingerprint density at radius 3 is 3.12 bits per heavy atom. The molecule has 0 radical (unpaired) electrons. The van der Waals surface area contributed by atoms with Gasteiger partial charge in [0.2, 0.25) is 0 Å². The molecule has 24 heavy (non-hydrogen) atoms. The summed E-state index contributed by atoms with van der Waals surface area (Å²) in [5.74, 6) is 1.03. The van der Waals surface area contributed by atoms with Gasteiger partial charge >= 0.3 is 0 Å². The van der Waals surface area contributed by atoms with E-state index in [4.69, 9.17) is 4.99 Å². The van der Waals surface area contributed by atoms with E-state index in [1.165, 1.54) is 10.5 Å². The summed E-state index contributed by atoms with van der Waals surface area (Å²) >= 11 is 1.88. The molecule has 4 aliphatic heterocycles. The van der Waals surface area contributed by atoms with E-state index in [1.807, 2.05) is 24.2 Å². The molecule has 3 unspecified atom stereocenters. The molecule has 1 spiro atoms. The molecule has 4 aliphatic rings. The van der Waals surface area contributed by atoms with Gasteiger partial charge in [0.15, 0.2) is 0 Å². The summed E-state index contributed by atoms with van der Waals surface area (Å²) in [6.07, 6.45) is 12.9. The molecule has 3 atom stereocenters. The zero-order chi connectivity index (χ0) is 16.7. The highest BCUT2D eigenvalue weighted by Gasteiger charge is 2.45. The smallest absolute Gasteiger partial charge is 0.125 e. The summed E-state index contributed by atoms with van der Waals surface area (Å²) in [5, 5.41) is 13.4. The van der Waals surface area contributed by atoms with Gasteiger partial charge in [-0.05, 0) is 42.8 Å². The number of piperazine rings is 1. The molecule has 4 rings (SSSR count). The van der Waals surface area contributed by atoms with Crippen LogP contribution in [-0.2, 0) is 0 Å². The second-order valence-electron chi connectivity index (χ2n) is 6.86. The topological polar surface area (TPSA) is 51.1 Å². The number of nitrogens with zero attached hydrogens (tertiary/aromatic N) is 3. The maximum atomic E-state index is 9.62. The maximum absolute atomic E-state index is 9.62. The number of aliphatic hydroxyl groups is 1. The molecule has 0 aromatic carbocycles. The van der Waals surface area contributed by atoms with Crippen LogP contribution in [0.2, 0.25) is 0 Å². The lowest BCUT2D eigenvalue weighted by Crippen LogP contribution is -2.52. The van der Waals surface area contributed by atoms with Crippen LogP contribution in [0, 0.1) is 5.41 Å². The summed E-state index contributed by atoms with van der Waals surface area (Å²) in [6.45, 7) is 5.06. The highest BCUT2D eigenvalue weighted by atomic mass is 32.2. The molecule has 0 aromatic heterocycles. The van der Waals surface area contributed by atoms with E-state index < -0.39 is 0 Å². The zero-order valence-corrected chi connectivity index (χ0v) is 15.0. The van der Waals surface area contributed by atoms with Crippen LogP contribution in [0.4, 0.5) is 0 Å². The molecule has 128 valence electrons. The highest BCUT2D eigenvalue weighted by Crippen LogP contribution is 2.51. The minimum Gasteiger partial charge on any atom is -0.395 e. The molecule has 0 saturated carbocycles. The second kappa shape index (κ2) is 6.10. The van der Waals surface area contributed by atoms with E-state index >= 15 is 0 Å². The van der Waals surface area contributed by atoms with E-state index in [1.54, 1.807) is 0 Å². The Kier molecular flexibility index (Phi) is 4.06. The van der Waals surface area contributed by atoms with E-state index in [-0.39, 0.29) is 23.4 Å². The molecule has 4 heterocycles. The first-order valence-electron chi connectivity index (χ1n) is 8.45. The largest absolute Gasteiger partial charge is 0.395 e. The molecule has 0 aromatic rings. The number of aliphatic hydroxyl groups excluding tert-OH is 1. The monoisotopic (exact) mass is 344 g/mol. The average Bonchev–Trinajstić information content (AvgIpc) is 2.78. The van der Waals surface area contributed by atoms with Crippen molar-refractivity contribution in [3.8, 4) is 0 Å². The molecule has 2 N–H and O–H groups in total. The summed E-state index contributed by atoms with van der Waals surface area (Å²) in [7, 11) is 2.08. The molecule has 5 nitrogen and oxygen atoms in total. The van der Waals surface area contributed by atoms with Gasteiger partial charge in [0, 0.05) is 25.8 Å². The molecule has 0 amide bonds. The summed E-state index contributed by atoms with van der Waals surface area (Å²) in [6, 6.07) is 0.171. The third kappa shape index (κ3) is 2.53. The van der Waals surface area contributed by atoms with Crippen LogP contribution in [0.1, 0.15) is 6.92 Å². The second-order valence-corrected chi connectivity index (χ2v) is 8.21. The van der Waals surface area contributed by atoms with E-state index in [0.29, 0.717) is 0 Å². The van der Waals surface area contributed by atoms with Gasteiger partial charge in [-0.2, -0.15) is 0 Å². The number of likely N-dealkylation sites (N-methyl/N-ethyl adjacent to an activating group) is 1. The highest BCUT2D eigenvalue weighted by molar-refractivity contribution is 8.03. The van der Waals surface area contributed by atoms with Gasteiger partial charge in [-0.25, -0.2) is 4.99 Å². The standard InChI is InChI=1S/C18H24N4OS/c1-13-8-18-9-16(22-7-6-21(2)15(11-22)12-23)20-10-14(18)4-3-5-19-17(18)24-13/h3-5,8-10,15,17,19,23H,6-7,11-12H2,1-2H3. The molecule has 6 heteroatoms. The van der Waals surface area contributed by atoms with Gasteiger partial charge in [-0.3, -0.25) is 4.90 Å². The Morgan fingerprint density at radius 2 is 2.29 bits per heavy atom. The number of thioether (sulfide) groups is 1. The fourth-order valence-electron chi connectivity index (χ4n) is 3.84. The van der Waals surface area contributed by atoms with Gasteiger partial charge in [-0.1, -0.05) is 12.2 Å². The van der Waals surface area contributed by atoms with Crippen molar-refractivity contribution in [3.05, 3.63) is 46.8 Å². The number of rotatable bonds is 2. The minimum atomic E-state index is -0.145. The van der Waals surface area contributed by atoms with Crippen molar-refractivity contribution in [2.75, 3.05) is 33.3 Å². The van der Waals surface area contributed by atoms with Crippen molar-refractivity contribution >= 4 is 18.0 Å². The van der Waals surface area contributed by atoms with Crippen molar-refractivity contribution in [1.29, 1.82) is 0 Å². The fraction of sp³-hybridized carbons (Fsp3) is 0.500. The first-order valence-corrected chi connectivity index (χ1v) is 9.33. The normalized spacial score (nSPS) is 35.5. The van der Waals surface area contributed by atoms with Crippen LogP contribution in [0.3, 0.4) is 0 Å². The van der Waals surface area contributed by atoms with Crippen LogP contribution in [0.25, 0.3) is 0 Å². The van der Waals surface area contributed by atoms with E-state index in [9.17, 15) is 5.11 Å². The SMILES string of the molecule is CC1=CC23C=C(N4CCN(C)C(CO)C4)N=CC2=CC=CNC3S1. The van der Waals surface area contributed by atoms with Crippen LogP contribution >= 0.6 is 11.8 Å². The quantitative estimate of drug-likeness (QED) is 0.796. The lowest BCUT2D eigenvalue weighted by molar-refractivity contribution is 0.0726. The summed E-state index contributed by atoms with van der Waals surface area (Å²) < 4.78 is 0. The van der Waals surface area contributed by atoms with Crippen molar-refractivity contribution in [2.24, 2.45) is 10.4 Å². The Bertz CT molecular complexity index is 681. The van der Waals surface area contributed by atoms with Crippen molar-refractivity contribution in [1.82, 2.24) is 15.1 Å². The van der Waals surface area contributed by atoms with Gasteiger partial charge in [-0.15, -0.1) is 11.8 Å². The molecular formula is C18H24N4OS. The molecule has 0 bridgehead atoms. The number of hydrogen-bond acceptors (Lipinski definition) is 6. The Morgan fingerprint density at radius 1 is 1.42 bits per heavy atom. The average molecular weight is 344 g/mol. The van der Waals surface area contributed by atoms with Crippen LogP contribution in [0.5, 0.6) is 0 Å². The van der Waals surface area contributed by atoms with Gasteiger partial charge in [0.05, 0.1) is 23.4 Å². The maximum Gasteiger partial charge on any atom is 0.125 e. The Balaban J connectivity index is 1.68. The number of aliphatic imine (C=N–C) groups is 1. The summed E-state index contributed by atoms with van der Waals surface area (Å²) in [4.78, 5) is 10.6. The Hall–Kier alpha value is -1.50. The van der Waals surface area contributed by atoms with Gasteiger partial charge < -0.3 is 15.3 Å². The van der Waals surface area contributed by atoms with E-state index in [0.717, 1.165) is 25.5 Å². The first kappa shape index (κ1) is 16.0. The van der Waals surface area contributed by atoms with E-state index in [2.05, 4.69) is 53.4 Å². The molecule has 1 fully saturated rings. The predicted molar refractivity (Wildman–Crippen MR) is 99.6 cm³/mol. The first-order chi connectivity index (χ1) is 11.6. The fourth-order valence-corrected chi connectivity index (χ4v) is 5.09. The lowest BCUT2D eigenvalue weighted by Gasteiger charge is -2.42. The lowest BCUT2D eigenvalue weighted by atomic mass is 9.78. The number of nitrogens with one attached hydrogen (secondary N) is 1. The molecular weight excluding hydrogens is 320 g/mol. The zero-order valence-electron chi connectivity index (χ0n) is 14.1. The predicted octanol–water partition coefficient (Wildman–Crippen LogP) is 1.53. The van der Waals surface area contributed by atoms with Gasteiger partial charge in [0.25, 0.3) is 0 Å². The minimum absolute atomic E-state index is 0.145. The van der Waals surface area contributed by atoms with Crippen LogP contribution < -0.4 is 5.32 Å². The van der Waals surface area contributed by atoms with Crippen LogP contribution in [0.15, 0.2) is 51.8 Å². The van der Waals surface area contributed by atoms with Crippen LogP contribution in [-0.4, -0.2) is 65.8 Å².